The van der Waals surface area contributed by atoms with Gasteiger partial charge in [0.15, 0.2) is 0 Å². The van der Waals surface area contributed by atoms with Crippen LogP contribution in [0.25, 0.3) is 52.8 Å². The number of nitrogens with zero attached hydrogens (tertiary/aromatic N) is 1. The number of anilines is 3. The largest absolute Gasteiger partial charge is 0.310 e. The van der Waals surface area contributed by atoms with Gasteiger partial charge in [-0.25, -0.2) is 0 Å². The predicted octanol–water partition coefficient (Wildman–Crippen LogP) is 12.2. The summed E-state index contributed by atoms with van der Waals surface area (Å²) in [4.78, 5) is 2.36. The highest BCUT2D eigenvalue weighted by molar-refractivity contribution is 7.26. The first-order valence-electron chi connectivity index (χ1n) is 13.7. The third kappa shape index (κ3) is 3.91. The first-order valence-corrected chi connectivity index (χ1v) is 14.9. The first-order chi connectivity index (χ1) is 20.3. The second-order valence-corrected chi connectivity index (χ2v) is 11.7. The lowest BCUT2D eigenvalue weighted by Gasteiger charge is -2.27. The van der Waals surface area contributed by atoms with E-state index in [2.05, 4.69) is 150 Å². The van der Waals surface area contributed by atoms with Crippen molar-refractivity contribution in [3.63, 3.8) is 0 Å². The minimum atomic E-state index is 0.801. The second kappa shape index (κ2) is 9.78. The van der Waals surface area contributed by atoms with Gasteiger partial charge in [0.1, 0.15) is 0 Å². The van der Waals surface area contributed by atoms with Crippen molar-refractivity contribution in [1.29, 1.82) is 0 Å². The zero-order chi connectivity index (χ0) is 27.3. The van der Waals surface area contributed by atoms with Crippen LogP contribution in [-0.2, 0) is 0 Å². The van der Waals surface area contributed by atoms with Crippen LogP contribution in [-0.4, -0.2) is 0 Å². The third-order valence-electron chi connectivity index (χ3n) is 7.90. The van der Waals surface area contributed by atoms with Crippen LogP contribution in [0.4, 0.5) is 17.1 Å². The Hall–Kier alpha value is -4.63. The quantitative estimate of drug-likeness (QED) is 0.193. The molecule has 0 N–H and O–H groups in total. The number of para-hydroxylation sites is 2. The number of halogens is 1. The maximum Gasteiger partial charge on any atom is 0.0546 e. The van der Waals surface area contributed by atoms with E-state index in [9.17, 15) is 0 Å². The van der Waals surface area contributed by atoms with Crippen molar-refractivity contribution in [3.05, 3.63) is 151 Å². The summed E-state index contributed by atoms with van der Waals surface area (Å²) in [7, 11) is 0. The Bertz CT molecular complexity index is 2180. The molecule has 0 fully saturated rings. The highest BCUT2D eigenvalue weighted by atomic mass is 35.5. The van der Waals surface area contributed by atoms with E-state index < -0.39 is 0 Å². The van der Waals surface area contributed by atoms with E-state index in [1.54, 1.807) is 0 Å². The molecule has 0 saturated heterocycles. The molecule has 41 heavy (non-hydrogen) atoms. The Balaban J connectivity index is 1.45. The van der Waals surface area contributed by atoms with Gasteiger partial charge in [-0.3, -0.25) is 0 Å². The topological polar surface area (TPSA) is 3.24 Å². The van der Waals surface area contributed by atoms with E-state index in [0.29, 0.717) is 0 Å². The van der Waals surface area contributed by atoms with Crippen molar-refractivity contribution < 1.29 is 0 Å². The van der Waals surface area contributed by atoms with Gasteiger partial charge in [0.05, 0.1) is 5.69 Å². The predicted molar refractivity (Wildman–Crippen MR) is 179 cm³/mol. The van der Waals surface area contributed by atoms with Crippen LogP contribution in [0.3, 0.4) is 0 Å². The highest BCUT2D eigenvalue weighted by Crippen LogP contribution is 2.48. The zero-order valence-electron chi connectivity index (χ0n) is 22.1. The smallest absolute Gasteiger partial charge is 0.0546 e. The van der Waals surface area contributed by atoms with Gasteiger partial charge in [-0.2, -0.15) is 0 Å². The number of hydrogen-bond acceptors (Lipinski definition) is 2. The first kappa shape index (κ1) is 24.2. The summed E-state index contributed by atoms with van der Waals surface area (Å²) in [6, 6.07) is 51.9. The molecular weight excluding hydrogens is 538 g/mol. The van der Waals surface area contributed by atoms with Crippen molar-refractivity contribution >= 4 is 81.7 Å². The van der Waals surface area contributed by atoms with Crippen molar-refractivity contribution in [2.75, 3.05) is 4.90 Å². The van der Waals surface area contributed by atoms with E-state index in [1.807, 2.05) is 11.3 Å². The van der Waals surface area contributed by atoms with E-state index in [0.717, 1.165) is 27.5 Å². The molecule has 194 valence electrons. The Labute approximate surface area is 247 Å². The van der Waals surface area contributed by atoms with Gasteiger partial charge in [-0.15, -0.1) is 11.3 Å². The van der Waals surface area contributed by atoms with Crippen molar-refractivity contribution in [2.45, 2.75) is 0 Å². The van der Waals surface area contributed by atoms with Crippen molar-refractivity contribution in [3.8, 4) is 11.1 Å². The molecule has 1 aromatic heterocycles. The lowest BCUT2D eigenvalue weighted by molar-refractivity contribution is 1.30. The number of rotatable bonds is 4. The van der Waals surface area contributed by atoms with Gasteiger partial charge in [0.25, 0.3) is 0 Å². The van der Waals surface area contributed by atoms with Crippen LogP contribution in [0, 0.1) is 0 Å². The molecule has 0 saturated carbocycles. The molecule has 0 spiro atoms. The van der Waals surface area contributed by atoms with Crippen LogP contribution in [0.15, 0.2) is 146 Å². The van der Waals surface area contributed by atoms with Gasteiger partial charge in [-0.05, 0) is 70.3 Å². The fraction of sp³-hybridized carbons (Fsp3) is 0. The average molecular weight is 562 g/mol. The minimum Gasteiger partial charge on any atom is -0.310 e. The number of hydrogen-bond donors (Lipinski definition) is 0. The fourth-order valence-electron chi connectivity index (χ4n) is 6.13. The highest BCUT2D eigenvalue weighted by Gasteiger charge is 2.20. The molecule has 0 aliphatic rings. The second-order valence-electron chi connectivity index (χ2n) is 10.2. The number of fused-ring (bicyclic) bond motifs is 6. The Morgan fingerprint density at radius 2 is 1.12 bits per heavy atom. The van der Waals surface area contributed by atoms with Crippen LogP contribution in [0.1, 0.15) is 0 Å². The molecule has 0 amide bonds. The van der Waals surface area contributed by atoms with Crippen molar-refractivity contribution in [1.82, 2.24) is 0 Å². The Morgan fingerprint density at radius 1 is 0.488 bits per heavy atom. The minimum absolute atomic E-state index is 0.801. The van der Waals surface area contributed by atoms with E-state index in [1.165, 1.54) is 47.5 Å². The van der Waals surface area contributed by atoms with Gasteiger partial charge in [0.2, 0.25) is 0 Å². The molecule has 0 radical (unpaired) electrons. The molecule has 0 aliphatic carbocycles. The lowest BCUT2D eigenvalue weighted by atomic mass is 9.91. The van der Waals surface area contributed by atoms with Crippen LogP contribution >= 0.6 is 22.9 Å². The van der Waals surface area contributed by atoms with E-state index in [-0.39, 0.29) is 0 Å². The molecule has 8 rings (SSSR count). The normalized spacial score (nSPS) is 11.5. The molecule has 8 aromatic rings. The summed E-state index contributed by atoms with van der Waals surface area (Å²) in [5.41, 5.74) is 5.86. The SMILES string of the molecule is Clc1ccc(-c2cc3cccc(N(c4ccccc4)c4ccccc4)c3c3ccccc23)c2sc3ccccc3c12. The maximum atomic E-state index is 6.82. The van der Waals surface area contributed by atoms with Gasteiger partial charge in [0, 0.05) is 47.5 Å². The molecule has 0 bridgehead atoms. The van der Waals surface area contributed by atoms with E-state index in [4.69, 9.17) is 11.6 Å². The van der Waals surface area contributed by atoms with Gasteiger partial charge in [-0.1, -0.05) is 109 Å². The summed E-state index contributed by atoms with van der Waals surface area (Å²) in [6.45, 7) is 0. The van der Waals surface area contributed by atoms with Gasteiger partial charge >= 0.3 is 0 Å². The number of thiophene rings is 1. The van der Waals surface area contributed by atoms with Crippen molar-refractivity contribution in [2.24, 2.45) is 0 Å². The summed E-state index contributed by atoms with van der Waals surface area (Å²) >= 11 is 8.64. The molecular formula is C38H24ClNS. The van der Waals surface area contributed by atoms with Crippen LogP contribution in [0.2, 0.25) is 5.02 Å². The molecule has 1 heterocycles. The lowest BCUT2D eigenvalue weighted by Crippen LogP contribution is -2.10. The summed E-state index contributed by atoms with van der Waals surface area (Å²) < 4.78 is 2.49. The zero-order valence-corrected chi connectivity index (χ0v) is 23.7. The molecule has 0 atom stereocenters. The van der Waals surface area contributed by atoms with Crippen LogP contribution in [0.5, 0.6) is 0 Å². The monoisotopic (exact) mass is 561 g/mol. The molecule has 1 nitrogen and oxygen atoms in total. The molecule has 0 unspecified atom stereocenters. The summed E-state index contributed by atoms with van der Waals surface area (Å²) in [5.74, 6) is 0. The Morgan fingerprint density at radius 3 is 1.85 bits per heavy atom. The molecule has 3 heteroatoms. The standard InChI is InChI=1S/C38H24ClNS/c39-33-23-22-30(38-37(33)31-19-9-10-21-35(31)41-38)32-24-25-12-11-20-34(36(25)29-18-8-7-17-28(29)32)40(26-13-3-1-4-14-26)27-15-5-2-6-16-27/h1-24H. The Kier molecular flexibility index (Phi) is 5.77. The fourth-order valence-corrected chi connectivity index (χ4v) is 7.70. The van der Waals surface area contributed by atoms with Gasteiger partial charge < -0.3 is 4.90 Å². The number of benzene rings is 7. The summed E-state index contributed by atoms with van der Waals surface area (Å²) in [6.07, 6.45) is 0. The molecule has 7 aromatic carbocycles. The maximum absolute atomic E-state index is 6.82. The third-order valence-corrected chi connectivity index (χ3v) is 9.42. The van der Waals surface area contributed by atoms with Crippen LogP contribution < -0.4 is 4.90 Å². The summed E-state index contributed by atoms with van der Waals surface area (Å²) in [5, 5.41) is 8.06. The molecule has 0 aliphatic heterocycles. The average Bonchev–Trinajstić information content (AvgIpc) is 3.43. The van der Waals surface area contributed by atoms with E-state index >= 15 is 0 Å².